The molecule has 1 aromatic rings. The topological polar surface area (TPSA) is 12.0 Å². The second kappa shape index (κ2) is 5.58. The highest BCUT2D eigenvalue weighted by Crippen LogP contribution is 2.27. The molecule has 1 atom stereocenters. The monoisotopic (exact) mass is 239 g/mol. The van der Waals surface area contributed by atoms with E-state index in [4.69, 9.17) is 0 Å². The van der Waals surface area contributed by atoms with E-state index in [2.05, 4.69) is 12.2 Å². The van der Waals surface area contributed by atoms with Gasteiger partial charge >= 0.3 is 0 Å². The maximum Gasteiger partial charge on any atom is 0.127 e. The molecule has 0 aromatic heterocycles. The van der Waals surface area contributed by atoms with Gasteiger partial charge in [-0.05, 0) is 43.9 Å². The summed E-state index contributed by atoms with van der Waals surface area (Å²) in [5.41, 5.74) is 0.412. The predicted molar refractivity (Wildman–Crippen MR) is 64.6 cm³/mol. The van der Waals surface area contributed by atoms with Crippen molar-refractivity contribution in [1.29, 1.82) is 0 Å². The summed E-state index contributed by atoms with van der Waals surface area (Å²) in [5.74, 6) is -0.0270. The Hall–Kier alpha value is -0.960. The Morgan fingerprint density at radius 2 is 2.00 bits per heavy atom. The van der Waals surface area contributed by atoms with Crippen molar-refractivity contribution in [3.8, 4) is 0 Å². The lowest BCUT2D eigenvalue weighted by Crippen LogP contribution is -2.32. The number of halogens is 2. The zero-order valence-electron chi connectivity index (χ0n) is 10.2. The standard InChI is InChI=1S/C14H19F2N/c1-10(11-4-2-3-5-11)17-9-12-8-13(15)6-7-14(12)16/h6-8,10-11,17H,2-5,9H2,1H3. The highest BCUT2D eigenvalue weighted by Gasteiger charge is 2.21. The van der Waals surface area contributed by atoms with Gasteiger partial charge in [-0.3, -0.25) is 0 Å². The molecule has 1 nitrogen and oxygen atoms in total. The fraction of sp³-hybridized carbons (Fsp3) is 0.571. The van der Waals surface area contributed by atoms with E-state index in [-0.39, 0.29) is 11.6 Å². The molecule has 0 spiro atoms. The summed E-state index contributed by atoms with van der Waals surface area (Å²) in [6.07, 6.45) is 5.09. The first kappa shape index (κ1) is 12.5. The van der Waals surface area contributed by atoms with Crippen LogP contribution >= 0.6 is 0 Å². The molecule has 1 fully saturated rings. The first-order valence-corrected chi connectivity index (χ1v) is 6.34. The average molecular weight is 239 g/mol. The van der Waals surface area contributed by atoms with Gasteiger partial charge in [0.1, 0.15) is 11.6 Å². The summed E-state index contributed by atoms with van der Waals surface area (Å²) in [6, 6.07) is 3.98. The van der Waals surface area contributed by atoms with Crippen molar-refractivity contribution in [3.05, 3.63) is 35.4 Å². The van der Waals surface area contributed by atoms with Gasteiger partial charge in [-0.25, -0.2) is 8.78 Å². The molecular weight excluding hydrogens is 220 g/mol. The Labute approximate surface area is 101 Å². The lowest BCUT2D eigenvalue weighted by molar-refractivity contribution is 0.377. The van der Waals surface area contributed by atoms with Crippen molar-refractivity contribution in [1.82, 2.24) is 5.32 Å². The molecule has 1 saturated carbocycles. The molecular formula is C14H19F2N. The molecule has 1 aromatic carbocycles. The minimum Gasteiger partial charge on any atom is -0.310 e. The van der Waals surface area contributed by atoms with E-state index in [9.17, 15) is 8.78 Å². The van der Waals surface area contributed by atoms with Gasteiger partial charge in [0.15, 0.2) is 0 Å². The molecule has 94 valence electrons. The molecule has 1 N–H and O–H groups in total. The van der Waals surface area contributed by atoms with Gasteiger partial charge < -0.3 is 5.32 Å². The lowest BCUT2D eigenvalue weighted by atomic mass is 9.99. The van der Waals surface area contributed by atoms with Crippen LogP contribution in [0.4, 0.5) is 8.78 Å². The van der Waals surface area contributed by atoms with Crippen molar-refractivity contribution in [2.45, 2.75) is 45.2 Å². The van der Waals surface area contributed by atoms with E-state index in [0.29, 0.717) is 24.1 Å². The third-order valence-corrected chi connectivity index (χ3v) is 3.73. The molecule has 0 heterocycles. The lowest BCUT2D eigenvalue weighted by Gasteiger charge is -2.20. The van der Waals surface area contributed by atoms with Gasteiger partial charge in [-0.15, -0.1) is 0 Å². The maximum atomic E-state index is 13.4. The fourth-order valence-electron chi connectivity index (χ4n) is 2.57. The average Bonchev–Trinajstić information content (AvgIpc) is 2.83. The number of rotatable bonds is 4. The molecule has 2 rings (SSSR count). The van der Waals surface area contributed by atoms with Crippen LogP contribution in [0.15, 0.2) is 18.2 Å². The summed E-state index contributed by atoms with van der Waals surface area (Å²) in [4.78, 5) is 0. The second-order valence-electron chi connectivity index (χ2n) is 4.95. The molecule has 1 unspecified atom stereocenters. The Bertz CT molecular complexity index is 372. The van der Waals surface area contributed by atoms with E-state index >= 15 is 0 Å². The molecule has 0 aliphatic heterocycles. The van der Waals surface area contributed by atoms with Crippen LogP contribution in [0.1, 0.15) is 38.2 Å². The van der Waals surface area contributed by atoms with Crippen molar-refractivity contribution in [3.63, 3.8) is 0 Å². The third kappa shape index (κ3) is 3.25. The first-order valence-electron chi connectivity index (χ1n) is 6.34. The van der Waals surface area contributed by atoms with Crippen LogP contribution in [0, 0.1) is 17.6 Å². The van der Waals surface area contributed by atoms with E-state index < -0.39 is 0 Å². The molecule has 17 heavy (non-hydrogen) atoms. The molecule has 0 amide bonds. The van der Waals surface area contributed by atoms with Gasteiger partial charge in [0.25, 0.3) is 0 Å². The maximum absolute atomic E-state index is 13.4. The van der Waals surface area contributed by atoms with E-state index in [1.165, 1.54) is 37.8 Å². The van der Waals surface area contributed by atoms with E-state index in [0.717, 1.165) is 6.07 Å². The summed E-state index contributed by atoms with van der Waals surface area (Å²) >= 11 is 0. The van der Waals surface area contributed by atoms with Crippen LogP contribution in [0.2, 0.25) is 0 Å². The highest BCUT2D eigenvalue weighted by atomic mass is 19.1. The molecule has 0 bridgehead atoms. The molecule has 3 heteroatoms. The van der Waals surface area contributed by atoms with Crippen LogP contribution in [0.5, 0.6) is 0 Å². The summed E-state index contributed by atoms with van der Waals surface area (Å²) in [6.45, 7) is 2.54. The van der Waals surface area contributed by atoms with Crippen LogP contribution in [0.25, 0.3) is 0 Å². The highest BCUT2D eigenvalue weighted by molar-refractivity contribution is 5.18. The van der Waals surface area contributed by atoms with E-state index in [1.54, 1.807) is 0 Å². The normalized spacial score (nSPS) is 18.5. The van der Waals surface area contributed by atoms with Crippen LogP contribution in [-0.2, 0) is 6.54 Å². The number of nitrogens with one attached hydrogen (secondary N) is 1. The van der Waals surface area contributed by atoms with Gasteiger partial charge in [0, 0.05) is 18.2 Å². The fourth-order valence-corrected chi connectivity index (χ4v) is 2.57. The molecule has 0 radical (unpaired) electrons. The number of hydrogen-bond donors (Lipinski definition) is 1. The number of hydrogen-bond acceptors (Lipinski definition) is 1. The van der Waals surface area contributed by atoms with Crippen molar-refractivity contribution < 1.29 is 8.78 Å². The van der Waals surface area contributed by atoms with Gasteiger partial charge in [0.05, 0.1) is 0 Å². The molecule has 1 aliphatic carbocycles. The predicted octanol–water partition coefficient (Wildman–Crippen LogP) is 3.63. The minimum absolute atomic E-state index is 0.336. The zero-order chi connectivity index (χ0) is 12.3. The van der Waals surface area contributed by atoms with Gasteiger partial charge in [-0.2, -0.15) is 0 Å². The van der Waals surface area contributed by atoms with E-state index in [1.807, 2.05) is 0 Å². The van der Waals surface area contributed by atoms with Crippen molar-refractivity contribution in [2.24, 2.45) is 5.92 Å². The van der Waals surface area contributed by atoms with Gasteiger partial charge in [0.2, 0.25) is 0 Å². The van der Waals surface area contributed by atoms with Crippen LogP contribution in [0.3, 0.4) is 0 Å². The summed E-state index contributed by atoms with van der Waals surface area (Å²) in [5, 5.41) is 3.30. The molecule has 0 saturated heterocycles. The quantitative estimate of drug-likeness (QED) is 0.846. The number of benzene rings is 1. The molecule has 1 aliphatic rings. The second-order valence-corrected chi connectivity index (χ2v) is 4.95. The smallest absolute Gasteiger partial charge is 0.127 e. The Morgan fingerprint density at radius 3 is 2.71 bits per heavy atom. The van der Waals surface area contributed by atoms with Crippen LogP contribution < -0.4 is 5.32 Å². The first-order chi connectivity index (χ1) is 8.16. The Kier molecular flexibility index (Phi) is 4.11. The third-order valence-electron chi connectivity index (χ3n) is 3.73. The van der Waals surface area contributed by atoms with Crippen LogP contribution in [-0.4, -0.2) is 6.04 Å². The van der Waals surface area contributed by atoms with Gasteiger partial charge in [-0.1, -0.05) is 12.8 Å². The Balaban J connectivity index is 1.90. The summed E-state index contributed by atoms with van der Waals surface area (Å²) < 4.78 is 26.4. The van der Waals surface area contributed by atoms with Crippen molar-refractivity contribution >= 4 is 0 Å². The zero-order valence-corrected chi connectivity index (χ0v) is 10.2. The largest absolute Gasteiger partial charge is 0.310 e. The summed E-state index contributed by atoms with van der Waals surface area (Å²) in [7, 11) is 0. The Morgan fingerprint density at radius 1 is 1.29 bits per heavy atom. The SMILES string of the molecule is CC(NCc1cc(F)ccc1F)C1CCCC1. The van der Waals surface area contributed by atoms with Crippen molar-refractivity contribution in [2.75, 3.05) is 0 Å². The minimum atomic E-state index is -0.378.